The molecule has 3 aromatic rings. The van der Waals surface area contributed by atoms with E-state index < -0.39 is 0 Å². The van der Waals surface area contributed by atoms with Crippen LogP contribution in [0.2, 0.25) is 0 Å². The van der Waals surface area contributed by atoms with Crippen molar-refractivity contribution in [2.75, 3.05) is 31.1 Å². The fourth-order valence-electron chi connectivity index (χ4n) is 3.75. The van der Waals surface area contributed by atoms with Crippen molar-refractivity contribution >= 4 is 22.4 Å². The molecule has 1 fully saturated rings. The summed E-state index contributed by atoms with van der Waals surface area (Å²) in [5.41, 5.74) is 2.52. The lowest BCUT2D eigenvalue weighted by atomic mass is 10.1. The van der Waals surface area contributed by atoms with E-state index >= 15 is 0 Å². The topological polar surface area (TPSA) is 69.3 Å². The van der Waals surface area contributed by atoms with Crippen LogP contribution in [0.15, 0.2) is 53.3 Å². The fourth-order valence-corrected chi connectivity index (χ4v) is 3.75. The zero-order chi connectivity index (χ0) is 19.7. The second kappa shape index (κ2) is 7.56. The van der Waals surface area contributed by atoms with Crippen molar-refractivity contribution in [2.24, 2.45) is 0 Å². The molecular formula is C22H24N4O2. The Kier molecular flexibility index (Phi) is 4.96. The summed E-state index contributed by atoms with van der Waals surface area (Å²) in [7, 11) is 0. The third kappa shape index (κ3) is 3.55. The van der Waals surface area contributed by atoms with Crippen molar-refractivity contribution < 1.29 is 4.79 Å². The molecule has 28 heavy (non-hydrogen) atoms. The number of rotatable bonds is 4. The number of aromatic nitrogens is 2. The van der Waals surface area contributed by atoms with Gasteiger partial charge in [0.05, 0.1) is 16.9 Å². The van der Waals surface area contributed by atoms with Crippen LogP contribution in [-0.4, -0.2) is 46.8 Å². The number of hydrogen-bond acceptors (Lipinski definition) is 5. The molecule has 2 heterocycles. The summed E-state index contributed by atoms with van der Waals surface area (Å²) in [5.74, 6) is 0.796. The van der Waals surface area contributed by atoms with Gasteiger partial charge in [0.2, 0.25) is 0 Å². The number of piperazine rings is 1. The van der Waals surface area contributed by atoms with E-state index in [1.54, 1.807) is 13.0 Å². The van der Waals surface area contributed by atoms with Crippen molar-refractivity contribution in [3.8, 4) is 0 Å². The zero-order valence-corrected chi connectivity index (χ0v) is 16.2. The van der Waals surface area contributed by atoms with Crippen LogP contribution >= 0.6 is 0 Å². The fraction of sp³-hybridized carbons (Fsp3) is 0.318. The number of Topliss-reactive ketones (excluding diaryl/α,β-unsaturated/α-hetero) is 1. The first-order chi connectivity index (χ1) is 13.5. The molecule has 6 heteroatoms. The Hall–Kier alpha value is -2.99. The van der Waals surface area contributed by atoms with E-state index in [2.05, 4.69) is 26.7 Å². The number of nitrogens with one attached hydrogen (secondary N) is 1. The van der Waals surface area contributed by atoms with Gasteiger partial charge < -0.3 is 9.88 Å². The third-order valence-electron chi connectivity index (χ3n) is 5.53. The molecule has 1 aromatic heterocycles. The number of para-hydroxylation sites is 1. The normalized spacial score (nSPS) is 16.3. The molecule has 0 amide bonds. The highest BCUT2D eigenvalue weighted by atomic mass is 16.1. The molecule has 1 aliphatic rings. The van der Waals surface area contributed by atoms with Gasteiger partial charge in [0, 0.05) is 37.4 Å². The van der Waals surface area contributed by atoms with E-state index in [9.17, 15) is 9.59 Å². The minimum absolute atomic E-state index is 0.0412. The minimum atomic E-state index is -0.0864. The van der Waals surface area contributed by atoms with Crippen LogP contribution in [0, 0.1) is 0 Å². The van der Waals surface area contributed by atoms with Gasteiger partial charge in [-0.2, -0.15) is 0 Å². The number of aromatic amines is 1. The zero-order valence-electron chi connectivity index (χ0n) is 16.2. The van der Waals surface area contributed by atoms with Crippen LogP contribution in [0.1, 0.15) is 36.1 Å². The summed E-state index contributed by atoms with van der Waals surface area (Å²) in [4.78, 5) is 36.1. The summed E-state index contributed by atoms with van der Waals surface area (Å²) >= 11 is 0. The maximum Gasteiger partial charge on any atom is 0.258 e. The molecular weight excluding hydrogens is 352 g/mol. The molecule has 0 spiro atoms. The van der Waals surface area contributed by atoms with E-state index in [4.69, 9.17) is 0 Å². The van der Waals surface area contributed by atoms with Crippen LogP contribution in [0.5, 0.6) is 0 Å². The monoisotopic (exact) mass is 376 g/mol. The molecule has 0 saturated carbocycles. The van der Waals surface area contributed by atoms with Crippen LogP contribution in [0.3, 0.4) is 0 Å². The number of anilines is 1. The molecule has 1 N–H and O–H groups in total. The van der Waals surface area contributed by atoms with E-state index in [1.807, 2.05) is 42.5 Å². The van der Waals surface area contributed by atoms with Gasteiger partial charge in [0.25, 0.3) is 5.56 Å². The molecule has 4 rings (SSSR count). The summed E-state index contributed by atoms with van der Waals surface area (Å²) in [5, 5.41) is 0.622. The number of carbonyl (C=O) groups is 1. The Bertz CT molecular complexity index is 1050. The Balaban J connectivity index is 1.46. The number of hydrogen-bond donors (Lipinski definition) is 1. The van der Waals surface area contributed by atoms with Gasteiger partial charge in [0.15, 0.2) is 5.78 Å². The maximum absolute atomic E-state index is 12.4. The molecule has 1 aliphatic heterocycles. The van der Waals surface area contributed by atoms with Crippen molar-refractivity contribution in [3.63, 3.8) is 0 Å². The van der Waals surface area contributed by atoms with Crippen LogP contribution in [-0.2, 0) is 0 Å². The highest BCUT2D eigenvalue weighted by Crippen LogP contribution is 2.23. The van der Waals surface area contributed by atoms with Crippen LogP contribution in [0.25, 0.3) is 10.9 Å². The first-order valence-electron chi connectivity index (χ1n) is 9.62. The van der Waals surface area contributed by atoms with Crippen molar-refractivity contribution in [1.82, 2.24) is 14.9 Å². The highest BCUT2D eigenvalue weighted by molar-refractivity contribution is 5.94. The van der Waals surface area contributed by atoms with Crippen LogP contribution < -0.4 is 10.5 Å². The Labute approximate surface area is 163 Å². The smallest absolute Gasteiger partial charge is 0.258 e. The second-order valence-electron chi connectivity index (χ2n) is 7.27. The SMILES string of the molecule is CC(=O)c1ccc(N2CCN([C@@H](C)c3nc4ccccc4c(=O)[nH]3)CC2)cc1. The molecule has 144 valence electrons. The van der Waals surface area contributed by atoms with Crippen molar-refractivity contribution in [3.05, 3.63) is 70.3 Å². The molecule has 2 aromatic carbocycles. The molecule has 1 saturated heterocycles. The number of nitrogens with zero attached hydrogens (tertiary/aromatic N) is 3. The number of ketones is 1. The maximum atomic E-state index is 12.4. The molecule has 0 unspecified atom stereocenters. The first-order valence-corrected chi connectivity index (χ1v) is 9.62. The summed E-state index contributed by atoms with van der Waals surface area (Å²) in [6, 6.07) is 15.3. The predicted molar refractivity (Wildman–Crippen MR) is 111 cm³/mol. The number of carbonyl (C=O) groups excluding carboxylic acids is 1. The van der Waals surface area contributed by atoms with Crippen molar-refractivity contribution in [2.45, 2.75) is 19.9 Å². The average Bonchev–Trinajstić information content (AvgIpc) is 2.73. The lowest BCUT2D eigenvalue weighted by Gasteiger charge is -2.38. The lowest BCUT2D eigenvalue weighted by molar-refractivity contribution is 0.101. The van der Waals surface area contributed by atoms with Gasteiger partial charge in [-0.05, 0) is 50.2 Å². The van der Waals surface area contributed by atoms with E-state index in [0.29, 0.717) is 11.2 Å². The summed E-state index contributed by atoms with van der Waals surface area (Å²) in [6.07, 6.45) is 0. The van der Waals surface area contributed by atoms with Gasteiger partial charge in [0.1, 0.15) is 5.82 Å². The molecule has 1 atom stereocenters. The van der Waals surface area contributed by atoms with Gasteiger partial charge in [-0.15, -0.1) is 0 Å². The Morgan fingerprint density at radius 3 is 2.39 bits per heavy atom. The highest BCUT2D eigenvalue weighted by Gasteiger charge is 2.24. The predicted octanol–water partition coefficient (Wildman–Crippen LogP) is 3.01. The molecule has 0 radical (unpaired) electrons. The van der Waals surface area contributed by atoms with Gasteiger partial charge >= 0.3 is 0 Å². The molecule has 0 bridgehead atoms. The summed E-state index contributed by atoms with van der Waals surface area (Å²) in [6.45, 7) is 7.21. The minimum Gasteiger partial charge on any atom is -0.369 e. The first kappa shape index (κ1) is 18.4. The Morgan fingerprint density at radius 2 is 1.71 bits per heavy atom. The second-order valence-corrected chi connectivity index (χ2v) is 7.27. The van der Waals surface area contributed by atoms with Gasteiger partial charge in [-0.3, -0.25) is 14.5 Å². The standard InChI is InChI=1S/C22H24N4O2/c1-15(21-23-20-6-4-3-5-19(20)22(28)24-21)25-11-13-26(14-12-25)18-9-7-17(8-10-18)16(2)27/h3-10,15H,11-14H2,1-2H3,(H,23,24,28)/t15-/m0/s1. The molecule has 0 aliphatic carbocycles. The lowest BCUT2D eigenvalue weighted by Crippen LogP contribution is -2.47. The Morgan fingerprint density at radius 1 is 1.04 bits per heavy atom. The van der Waals surface area contributed by atoms with Gasteiger partial charge in [-0.1, -0.05) is 12.1 Å². The van der Waals surface area contributed by atoms with E-state index in [-0.39, 0.29) is 17.4 Å². The van der Waals surface area contributed by atoms with Crippen molar-refractivity contribution in [1.29, 1.82) is 0 Å². The number of fused-ring (bicyclic) bond motifs is 1. The third-order valence-corrected chi connectivity index (χ3v) is 5.53. The molecule has 6 nitrogen and oxygen atoms in total. The summed E-state index contributed by atoms with van der Waals surface area (Å²) < 4.78 is 0. The average molecular weight is 376 g/mol. The van der Waals surface area contributed by atoms with Crippen LogP contribution in [0.4, 0.5) is 5.69 Å². The van der Waals surface area contributed by atoms with E-state index in [0.717, 1.165) is 42.9 Å². The van der Waals surface area contributed by atoms with E-state index in [1.165, 1.54) is 0 Å². The number of benzene rings is 2. The largest absolute Gasteiger partial charge is 0.369 e. The quantitative estimate of drug-likeness (QED) is 0.709. The number of H-pyrrole nitrogens is 1. The van der Waals surface area contributed by atoms with Gasteiger partial charge in [-0.25, -0.2) is 4.98 Å².